The second-order valence-electron chi connectivity index (χ2n) is 7.51. The van der Waals surface area contributed by atoms with Gasteiger partial charge in [0, 0.05) is 23.2 Å². The van der Waals surface area contributed by atoms with Crippen LogP contribution in [0.3, 0.4) is 0 Å². The van der Waals surface area contributed by atoms with E-state index in [-0.39, 0.29) is 22.7 Å². The summed E-state index contributed by atoms with van der Waals surface area (Å²) < 4.78 is 0. The van der Waals surface area contributed by atoms with Crippen molar-refractivity contribution in [3.63, 3.8) is 0 Å². The van der Waals surface area contributed by atoms with E-state index in [2.05, 4.69) is 25.8 Å². The highest BCUT2D eigenvalue weighted by Gasteiger charge is 2.21. The van der Waals surface area contributed by atoms with Crippen LogP contribution < -0.4 is 16.2 Å². The number of benzene rings is 2. The summed E-state index contributed by atoms with van der Waals surface area (Å²) in [6.45, 7) is 7.01. The van der Waals surface area contributed by atoms with E-state index in [9.17, 15) is 14.4 Å². The largest absolute Gasteiger partial charge is 0.326 e. The van der Waals surface area contributed by atoms with Gasteiger partial charge in [-0.2, -0.15) is 0 Å². The van der Waals surface area contributed by atoms with Crippen molar-refractivity contribution in [2.75, 3.05) is 10.6 Å². The average Bonchev–Trinajstić information content (AvgIpc) is 2.75. The Morgan fingerprint density at radius 2 is 1.88 bits per heavy atom. The predicted molar refractivity (Wildman–Crippen MR) is 132 cm³/mol. The molecule has 0 fully saturated rings. The molecule has 33 heavy (non-hydrogen) atoms. The highest BCUT2D eigenvalue weighted by molar-refractivity contribution is 8.00. The molecule has 0 aliphatic heterocycles. The third-order valence-corrected chi connectivity index (χ3v) is 6.42. The van der Waals surface area contributed by atoms with Crippen LogP contribution in [0.15, 0.2) is 46.3 Å². The number of H-pyrrole nitrogens is 1. The highest BCUT2D eigenvalue weighted by Crippen LogP contribution is 2.27. The highest BCUT2D eigenvalue weighted by atomic mass is 35.5. The second-order valence-corrected chi connectivity index (χ2v) is 9.10. The van der Waals surface area contributed by atoms with Crippen molar-refractivity contribution in [3.05, 3.63) is 62.9 Å². The first-order valence-electron chi connectivity index (χ1n) is 10.3. The molecule has 0 unspecified atom stereocenters. The lowest BCUT2D eigenvalue weighted by Crippen LogP contribution is -2.25. The number of halogens is 1. The molecule has 0 saturated carbocycles. The van der Waals surface area contributed by atoms with Gasteiger partial charge in [0.2, 0.25) is 11.8 Å². The fraction of sp³-hybridized carbons (Fsp3) is 0.261. The quantitative estimate of drug-likeness (QED) is 0.422. The molecule has 0 aliphatic carbocycles. The summed E-state index contributed by atoms with van der Waals surface area (Å²) in [6, 6.07) is 10.6. The number of carbonyl (C=O) groups is 2. The molecule has 3 N–H and O–H groups in total. The van der Waals surface area contributed by atoms with Gasteiger partial charge in [0.15, 0.2) is 10.9 Å². The van der Waals surface area contributed by atoms with Gasteiger partial charge >= 0.3 is 0 Å². The van der Waals surface area contributed by atoms with E-state index >= 15 is 0 Å². The third kappa shape index (κ3) is 6.21. The summed E-state index contributed by atoms with van der Waals surface area (Å²) in [5, 5.41) is 14.0. The topological polar surface area (TPSA) is 117 Å². The van der Waals surface area contributed by atoms with Gasteiger partial charge in [0.25, 0.3) is 5.56 Å². The lowest BCUT2D eigenvalue weighted by atomic mass is 10.1. The summed E-state index contributed by atoms with van der Waals surface area (Å²) in [4.78, 5) is 39.8. The molecule has 3 rings (SSSR count). The molecule has 0 bridgehead atoms. The zero-order chi connectivity index (χ0) is 24.1. The number of nitrogens with zero attached hydrogens (tertiary/aromatic N) is 2. The number of aryl methyl sites for hydroxylation is 2. The number of hydrogen-bond donors (Lipinski definition) is 3. The molecule has 8 nitrogen and oxygen atoms in total. The Bertz CT molecular complexity index is 1260. The Kier molecular flexibility index (Phi) is 7.88. The van der Waals surface area contributed by atoms with Crippen LogP contribution in [0.1, 0.15) is 31.4 Å². The number of aromatic nitrogens is 3. The average molecular weight is 486 g/mol. The minimum atomic E-state index is -0.505. The zero-order valence-electron chi connectivity index (χ0n) is 18.7. The molecule has 1 aromatic heterocycles. The van der Waals surface area contributed by atoms with E-state index in [1.54, 1.807) is 24.3 Å². The molecule has 3 aromatic rings. The van der Waals surface area contributed by atoms with Crippen molar-refractivity contribution in [2.24, 2.45) is 0 Å². The lowest BCUT2D eigenvalue weighted by Gasteiger charge is -2.14. The van der Waals surface area contributed by atoms with Gasteiger partial charge in [-0.25, -0.2) is 0 Å². The SMILES string of the molecule is CC[C@H](Sc1nnc(-c2cc(C)ccc2NC(C)=O)c(=O)[nH]1)C(=O)Nc1ccc(C)c(Cl)c1. The molecular formula is C23H24ClN5O3S. The molecule has 2 aromatic carbocycles. The molecule has 0 radical (unpaired) electrons. The van der Waals surface area contributed by atoms with E-state index in [1.165, 1.54) is 6.92 Å². The number of nitrogens with one attached hydrogen (secondary N) is 3. The van der Waals surface area contributed by atoms with Crippen LogP contribution >= 0.6 is 23.4 Å². The summed E-state index contributed by atoms with van der Waals surface area (Å²) in [6.07, 6.45) is 0.506. The first-order chi connectivity index (χ1) is 15.7. The van der Waals surface area contributed by atoms with Crippen LogP contribution in [0.5, 0.6) is 0 Å². The smallest absolute Gasteiger partial charge is 0.278 e. The molecule has 1 atom stereocenters. The third-order valence-electron chi connectivity index (χ3n) is 4.77. The van der Waals surface area contributed by atoms with Crippen LogP contribution in [0.25, 0.3) is 11.3 Å². The van der Waals surface area contributed by atoms with Crippen LogP contribution in [0.2, 0.25) is 5.02 Å². The first-order valence-corrected chi connectivity index (χ1v) is 11.5. The number of aromatic amines is 1. The van der Waals surface area contributed by atoms with Crippen molar-refractivity contribution < 1.29 is 9.59 Å². The van der Waals surface area contributed by atoms with Crippen molar-refractivity contribution in [3.8, 4) is 11.3 Å². The van der Waals surface area contributed by atoms with Gasteiger partial charge in [-0.3, -0.25) is 19.4 Å². The Labute approximate surface area is 200 Å². The standard InChI is InChI=1S/C23H24ClN5O3S/c1-5-19(21(31)26-15-8-7-13(3)17(24)11-15)33-23-27-22(32)20(28-29-23)16-10-12(2)6-9-18(16)25-14(4)30/h6-11,19H,5H2,1-4H3,(H,25,30)(H,26,31)(H,27,29,32)/t19-/m0/s1. The van der Waals surface area contributed by atoms with Crippen LogP contribution in [-0.4, -0.2) is 32.2 Å². The summed E-state index contributed by atoms with van der Waals surface area (Å²) in [7, 11) is 0. The molecule has 0 spiro atoms. The minimum Gasteiger partial charge on any atom is -0.326 e. The maximum Gasteiger partial charge on any atom is 0.278 e. The van der Waals surface area contributed by atoms with Crippen molar-refractivity contribution in [2.45, 2.75) is 44.5 Å². The molecule has 2 amide bonds. The van der Waals surface area contributed by atoms with Crippen LogP contribution in [0.4, 0.5) is 11.4 Å². The monoisotopic (exact) mass is 485 g/mol. The Hall–Kier alpha value is -3.17. The molecule has 0 saturated heterocycles. The number of hydrogen-bond acceptors (Lipinski definition) is 6. The van der Waals surface area contributed by atoms with Gasteiger partial charge in [0.05, 0.1) is 10.9 Å². The van der Waals surface area contributed by atoms with Crippen molar-refractivity contribution in [1.82, 2.24) is 15.2 Å². The lowest BCUT2D eigenvalue weighted by molar-refractivity contribution is -0.116. The van der Waals surface area contributed by atoms with Gasteiger partial charge in [-0.15, -0.1) is 10.2 Å². The van der Waals surface area contributed by atoms with E-state index in [0.29, 0.717) is 28.4 Å². The molecule has 0 aliphatic rings. The number of anilines is 2. The summed E-state index contributed by atoms with van der Waals surface area (Å²) in [5.41, 5.74) is 2.96. The van der Waals surface area contributed by atoms with E-state index in [4.69, 9.17) is 11.6 Å². The van der Waals surface area contributed by atoms with Crippen molar-refractivity contribution >= 4 is 46.6 Å². The Morgan fingerprint density at radius 3 is 2.52 bits per heavy atom. The fourth-order valence-corrected chi connectivity index (χ4v) is 4.08. The van der Waals surface area contributed by atoms with E-state index < -0.39 is 10.8 Å². The maximum absolute atomic E-state index is 12.8. The molecule has 1 heterocycles. The number of carbonyl (C=O) groups excluding carboxylic acids is 2. The normalized spacial score (nSPS) is 11.7. The molecule has 10 heteroatoms. The van der Waals surface area contributed by atoms with Crippen LogP contribution in [0, 0.1) is 13.8 Å². The molecule has 172 valence electrons. The van der Waals surface area contributed by atoms with Gasteiger partial charge in [-0.05, 0) is 50.1 Å². The van der Waals surface area contributed by atoms with E-state index in [0.717, 1.165) is 22.9 Å². The fourth-order valence-electron chi connectivity index (χ4n) is 3.05. The van der Waals surface area contributed by atoms with E-state index in [1.807, 2.05) is 32.9 Å². The number of amides is 2. The first kappa shape index (κ1) is 24.5. The summed E-state index contributed by atoms with van der Waals surface area (Å²) in [5.74, 6) is -0.496. The Morgan fingerprint density at radius 1 is 1.12 bits per heavy atom. The number of thioether (sulfide) groups is 1. The predicted octanol–water partition coefficient (Wildman–Crippen LogP) is 4.57. The van der Waals surface area contributed by atoms with Gasteiger partial charge < -0.3 is 10.6 Å². The zero-order valence-corrected chi connectivity index (χ0v) is 20.2. The van der Waals surface area contributed by atoms with Gasteiger partial charge in [-0.1, -0.05) is 48.0 Å². The minimum absolute atomic E-state index is 0.0820. The van der Waals surface area contributed by atoms with Crippen LogP contribution in [-0.2, 0) is 9.59 Å². The molecular weight excluding hydrogens is 462 g/mol. The summed E-state index contributed by atoms with van der Waals surface area (Å²) >= 11 is 7.25. The second kappa shape index (κ2) is 10.6. The van der Waals surface area contributed by atoms with Gasteiger partial charge in [0.1, 0.15) is 0 Å². The van der Waals surface area contributed by atoms with Crippen molar-refractivity contribution in [1.29, 1.82) is 0 Å². The number of rotatable bonds is 7. The Balaban J connectivity index is 1.81. The maximum atomic E-state index is 12.8.